The van der Waals surface area contributed by atoms with Crippen LogP contribution in [0.5, 0.6) is 0 Å². The van der Waals surface area contributed by atoms with Gasteiger partial charge in [0.15, 0.2) is 5.96 Å². The van der Waals surface area contributed by atoms with Crippen LogP contribution in [0.1, 0.15) is 52.4 Å². The molecule has 2 aliphatic heterocycles. The van der Waals surface area contributed by atoms with Crippen molar-refractivity contribution in [3.63, 3.8) is 0 Å². The summed E-state index contributed by atoms with van der Waals surface area (Å²) < 4.78 is 0. The van der Waals surface area contributed by atoms with Crippen LogP contribution in [0.25, 0.3) is 0 Å². The van der Waals surface area contributed by atoms with Crippen LogP contribution in [-0.2, 0) is 4.79 Å². The zero-order valence-electron chi connectivity index (χ0n) is 17.4. The Morgan fingerprint density at radius 3 is 2.56 bits per heavy atom. The average molecular weight is 381 g/mol. The molecule has 1 atom stereocenters. The molecule has 0 aromatic carbocycles. The summed E-state index contributed by atoms with van der Waals surface area (Å²) in [5, 5.41) is 6.99. The number of primary amides is 1. The van der Waals surface area contributed by atoms with E-state index >= 15 is 0 Å². The standard InChI is InChI=1S/C20H40N6O/c1-3-11-25-14-8-18(9-15-25)24-20(22-4-2)23-10-6-13-26-12-5-7-17(16-26)19(21)27/h17-18H,3-16H2,1-2H3,(H2,21,27)(H2,22,23,24). The van der Waals surface area contributed by atoms with E-state index in [9.17, 15) is 4.79 Å². The van der Waals surface area contributed by atoms with Crippen LogP contribution in [0.2, 0.25) is 0 Å². The van der Waals surface area contributed by atoms with Gasteiger partial charge >= 0.3 is 0 Å². The lowest BCUT2D eigenvalue weighted by molar-refractivity contribution is -0.123. The molecule has 2 aliphatic rings. The molecule has 1 amide bonds. The van der Waals surface area contributed by atoms with E-state index in [0.29, 0.717) is 6.04 Å². The zero-order chi connectivity index (χ0) is 19.5. The van der Waals surface area contributed by atoms with Crippen molar-refractivity contribution in [2.75, 3.05) is 52.4 Å². The maximum absolute atomic E-state index is 11.4. The molecule has 0 bridgehead atoms. The van der Waals surface area contributed by atoms with E-state index in [1.807, 2.05) is 0 Å². The first-order valence-corrected chi connectivity index (χ1v) is 10.9. The highest BCUT2D eigenvalue weighted by atomic mass is 16.1. The number of likely N-dealkylation sites (tertiary alicyclic amines) is 2. The second kappa shape index (κ2) is 12.2. The van der Waals surface area contributed by atoms with Gasteiger partial charge in [0.05, 0.1) is 5.92 Å². The third-order valence-corrected chi connectivity index (χ3v) is 5.62. The Hall–Kier alpha value is -1.34. The topological polar surface area (TPSA) is 86.0 Å². The number of hydrogen-bond acceptors (Lipinski definition) is 4. The Morgan fingerprint density at radius 2 is 1.89 bits per heavy atom. The molecule has 2 saturated heterocycles. The van der Waals surface area contributed by atoms with Crippen LogP contribution in [0.15, 0.2) is 4.99 Å². The van der Waals surface area contributed by atoms with Crippen molar-refractivity contribution in [3.05, 3.63) is 0 Å². The first-order chi connectivity index (χ1) is 13.1. The van der Waals surface area contributed by atoms with Gasteiger partial charge in [-0.15, -0.1) is 0 Å². The van der Waals surface area contributed by atoms with Crippen LogP contribution < -0.4 is 16.4 Å². The molecule has 0 spiro atoms. The quantitative estimate of drug-likeness (QED) is 0.316. The number of carbonyl (C=O) groups is 1. The molecule has 7 nitrogen and oxygen atoms in total. The molecule has 4 N–H and O–H groups in total. The molecule has 156 valence electrons. The molecule has 2 fully saturated rings. The van der Waals surface area contributed by atoms with E-state index in [1.165, 1.54) is 38.9 Å². The third-order valence-electron chi connectivity index (χ3n) is 5.62. The lowest BCUT2D eigenvalue weighted by atomic mass is 9.97. The molecule has 0 aromatic heterocycles. The number of guanidine groups is 1. The van der Waals surface area contributed by atoms with E-state index in [2.05, 4.69) is 34.3 Å². The number of nitrogens with zero attached hydrogens (tertiary/aromatic N) is 3. The van der Waals surface area contributed by atoms with E-state index < -0.39 is 0 Å². The third kappa shape index (κ3) is 8.05. The molecule has 0 saturated carbocycles. The van der Waals surface area contributed by atoms with Gasteiger partial charge in [0.2, 0.25) is 5.91 Å². The van der Waals surface area contributed by atoms with E-state index in [-0.39, 0.29) is 11.8 Å². The van der Waals surface area contributed by atoms with Crippen molar-refractivity contribution >= 4 is 11.9 Å². The first-order valence-electron chi connectivity index (χ1n) is 10.9. The van der Waals surface area contributed by atoms with Crippen molar-refractivity contribution in [2.24, 2.45) is 16.6 Å². The lowest BCUT2D eigenvalue weighted by Crippen LogP contribution is -2.48. The van der Waals surface area contributed by atoms with Crippen molar-refractivity contribution in [1.82, 2.24) is 20.4 Å². The molecule has 1 unspecified atom stereocenters. The van der Waals surface area contributed by atoms with Crippen molar-refractivity contribution in [3.8, 4) is 0 Å². The predicted molar refractivity (Wildman–Crippen MR) is 112 cm³/mol. The number of aliphatic imine (C=N–C) groups is 1. The van der Waals surface area contributed by atoms with Gasteiger partial charge in [0, 0.05) is 38.8 Å². The number of hydrogen-bond donors (Lipinski definition) is 3. The van der Waals surface area contributed by atoms with Crippen molar-refractivity contribution in [2.45, 2.75) is 58.4 Å². The largest absolute Gasteiger partial charge is 0.369 e. The van der Waals surface area contributed by atoms with Crippen LogP contribution in [0, 0.1) is 5.92 Å². The lowest BCUT2D eigenvalue weighted by Gasteiger charge is -2.33. The summed E-state index contributed by atoms with van der Waals surface area (Å²) >= 11 is 0. The highest BCUT2D eigenvalue weighted by molar-refractivity contribution is 5.80. The molecule has 0 aromatic rings. The Labute approximate surface area is 165 Å². The van der Waals surface area contributed by atoms with Gasteiger partial charge in [0.25, 0.3) is 0 Å². The first kappa shape index (κ1) is 22.0. The second-order valence-electron chi connectivity index (χ2n) is 7.92. The highest BCUT2D eigenvalue weighted by Crippen LogP contribution is 2.16. The van der Waals surface area contributed by atoms with Crippen molar-refractivity contribution < 1.29 is 4.79 Å². The number of carbonyl (C=O) groups excluding carboxylic acids is 1. The van der Waals surface area contributed by atoms with Gasteiger partial charge in [-0.05, 0) is 65.1 Å². The van der Waals surface area contributed by atoms with Crippen LogP contribution in [0.3, 0.4) is 0 Å². The second-order valence-corrected chi connectivity index (χ2v) is 7.92. The molecule has 2 rings (SSSR count). The summed E-state index contributed by atoms with van der Waals surface area (Å²) in [4.78, 5) is 21.1. The number of nitrogens with two attached hydrogens (primary N) is 1. The maximum atomic E-state index is 11.4. The van der Waals surface area contributed by atoms with Crippen LogP contribution in [-0.4, -0.2) is 80.1 Å². The molecular formula is C20H40N6O. The number of piperidine rings is 2. The van der Waals surface area contributed by atoms with Gasteiger partial charge < -0.3 is 26.2 Å². The number of nitrogens with one attached hydrogen (secondary N) is 2. The van der Waals surface area contributed by atoms with E-state index in [1.54, 1.807) is 0 Å². The molecule has 0 aliphatic carbocycles. The Morgan fingerprint density at radius 1 is 1.11 bits per heavy atom. The molecule has 27 heavy (non-hydrogen) atoms. The summed E-state index contributed by atoms with van der Waals surface area (Å²) in [6.45, 7) is 12.5. The molecule has 7 heteroatoms. The number of amides is 1. The summed E-state index contributed by atoms with van der Waals surface area (Å²) in [5.74, 6) is 0.821. The minimum absolute atomic E-state index is 0.0276. The van der Waals surface area contributed by atoms with Crippen molar-refractivity contribution in [1.29, 1.82) is 0 Å². The fourth-order valence-corrected chi connectivity index (χ4v) is 4.11. The summed E-state index contributed by atoms with van der Waals surface area (Å²) in [5.41, 5.74) is 5.46. The minimum atomic E-state index is -0.152. The van der Waals surface area contributed by atoms with Gasteiger partial charge in [0.1, 0.15) is 0 Å². The fraction of sp³-hybridized carbons (Fsp3) is 0.900. The summed E-state index contributed by atoms with van der Waals surface area (Å²) in [7, 11) is 0. The minimum Gasteiger partial charge on any atom is -0.369 e. The van der Waals surface area contributed by atoms with Gasteiger partial charge in [-0.1, -0.05) is 6.92 Å². The van der Waals surface area contributed by atoms with E-state index in [0.717, 1.165) is 57.9 Å². The zero-order valence-corrected chi connectivity index (χ0v) is 17.4. The van der Waals surface area contributed by atoms with E-state index in [4.69, 9.17) is 10.7 Å². The Bertz CT molecular complexity index is 461. The normalized spacial score (nSPS) is 23.3. The SMILES string of the molecule is CCCN1CCC(NC(=NCCCN2CCCC(C(N)=O)C2)NCC)CC1. The van der Waals surface area contributed by atoms with Crippen LogP contribution in [0.4, 0.5) is 0 Å². The van der Waals surface area contributed by atoms with Gasteiger partial charge in [-0.25, -0.2) is 0 Å². The number of rotatable bonds is 9. The predicted octanol–water partition coefficient (Wildman–Crippen LogP) is 1.00. The average Bonchev–Trinajstić information content (AvgIpc) is 2.67. The fourth-order valence-electron chi connectivity index (χ4n) is 4.11. The maximum Gasteiger partial charge on any atom is 0.221 e. The monoisotopic (exact) mass is 380 g/mol. The Kier molecular flexibility index (Phi) is 9.91. The van der Waals surface area contributed by atoms with Gasteiger partial charge in [-0.3, -0.25) is 9.79 Å². The summed E-state index contributed by atoms with van der Waals surface area (Å²) in [6, 6.07) is 0.523. The molecule has 2 heterocycles. The summed E-state index contributed by atoms with van der Waals surface area (Å²) in [6.07, 6.45) is 6.63. The van der Waals surface area contributed by atoms with Crippen LogP contribution >= 0.6 is 0 Å². The highest BCUT2D eigenvalue weighted by Gasteiger charge is 2.23. The molecule has 0 radical (unpaired) electrons. The smallest absolute Gasteiger partial charge is 0.221 e. The van der Waals surface area contributed by atoms with Gasteiger partial charge in [-0.2, -0.15) is 0 Å². The Balaban J connectivity index is 1.69. The molecular weight excluding hydrogens is 340 g/mol.